The van der Waals surface area contributed by atoms with Crippen LogP contribution >= 0.6 is 11.6 Å². The van der Waals surface area contributed by atoms with E-state index in [-0.39, 0.29) is 28.2 Å². The van der Waals surface area contributed by atoms with E-state index >= 15 is 0 Å². The van der Waals surface area contributed by atoms with Gasteiger partial charge >= 0.3 is 0 Å². The van der Waals surface area contributed by atoms with Crippen LogP contribution in [0.25, 0.3) is 0 Å². The molecule has 0 spiro atoms. The average molecular weight is 457 g/mol. The maximum atomic E-state index is 12.8. The fraction of sp³-hybridized carbons (Fsp3) is 0.148. The van der Waals surface area contributed by atoms with Crippen LogP contribution in [-0.2, 0) is 19.4 Å². The highest BCUT2D eigenvalue weighted by molar-refractivity contribution is 6.49. The second-order valence-electron chi connectivity index (χ2n) is 8.19. The predicted molar refractivity (Wildman–Crippen MR) is 128 cm³/mol. The molecule has 33 heavy (non-hydrogen) atoms. The van der Waals surface area contributed by atoms with E-state index in [4.69, 9.17) is 11.6 Å². The van der Waals surface area contributed by atoms with E-state index in [9.17, 15) is 14.4 Å². The van der Waals surface area contributed by atoms with Gasteiger partial charge in [0.15, 0.2) is 0 Å². The standard InChI is InChI=1S/C27H21ClN2O3/c28-23-24(26(32)21-8-2-1-7-20(21)25(23)31)29-15-16-11-13-18(14-12-16)27(33)30-22-10-4-6-17-5-3-9-19(17)22/h1-2,4,6-8,10-14,29H,3,5,9,15H2,(H,30,33). The van der Waals surface area contributed by atoms with E-state index in [1.807, 2.05) is 24.3 Å². The van der Waals surface area contributed by atoms with Crippen molar-refractivity contribution in [3.63, 3.8) is 0 Å². The summed E-state index contributed by atoms with van der Waals surface area (Å²) in [6.45, 7) is 0.292. The van der Waals surface area contributed by atoms with Gasteiger partial charge in [-0.1, -0.05) is 60.1 Å². The fourth-order valence-electron chi connectivity index (χ4n) is 4.40. The van der Waals surface area contributed by atoms with Crippen LogP contribution in [0.5, 0.6) is 0 Å². The normalized spacial score (nSPS) is 14.7. The van der Waals surface area contributed by atoms with Gasteiger partial charge in [-0.15, -0.1) is 0 Å². The lowest BCUT2D eigenvalue weighted by atomic mass is 9.92. The highest BCUT2D eigenvalue weighted by atomic mass is 35.5. The van der Waals surface area contributed by atoms with Crippen molar-refractivity contribution in [2.45, 2.75) is 25.8 Å². The van der Waals surface area contributed by atoms with Gasteiger partial charge in [0.2, 0.25) is 11.6 Å². The zero-order valence-electron chi connectivity index (χ0n) is 17.8. The number of aryl methyl sites for hydroxylation is 1. The Morgan fingerprint density at radius 2 is 1.58 bits per heavy atom. The molecule has 0 aliphatic heterocycles. The van der Waals surface area contributed by atoms with Crippen molar-refractivity contribution in [3.8, 4) is 0 Å². The summed E-state index contributed by atoms with van der Waals surface area (Å²) >= 11 is 6.20. The second kappa shape index (κ2) is 8.68. The fourth-order valence-corrected chi connectivity index (χ4v) is 4.65. The van der Waals surface area contributed by atoms with Crippen molar-refractivity contribution in [3.05, 3.63) is 111 Å². The first-order valence-corrected chi connectivity index (χ1v) is 11.2. The lowest BCUT2D eigenvalue weighted by Gasteiger charge is -2.19. The van der Waals surface area contributed by atoms with E-state index < -0.39 is 0 Å². The molecular formula is C27H21ClN2O3. The summed E-state index contributed by atoms with van der Waals surface area (Å²) in [5.74, 6) is -0.833. The Balaban J connectivity index is 1.27. The van der Waals surface area contributed by atoms with Crippen LogP contribution in [0.1, 0.15) is 54.2 Å². The van der Waals surface area contributed by atoms with E-state index in [1.165, 1.54) is 11.1 Å². The van der Waals surface area contributed by atoms with Crippen molar-refractivity contribution in [2.75, 3.05) is 5.32 Å². The average Bonchev–Trinajstić information content (AvgIpc) is 3.33. The lowest BCUT2D eigenvalue weighted by molar-refractivity contribution is 0.0974. The van der Waals surface area contributed by atoms with Crippen molar-refractivity contribution < 1.29 is 14.4 Å². The molecule has 0 radical (unpaired) electrons. The summed E-state index contributed by atoms with van der Waals surface area (Å²) in [6, 6.07) is 19.8. The monoisotopic (exact) mass is 456 g/mol. The molecule has 2 N–H and O–H groups in total. The van der Waals surface area contributed by atoms with Gasteiger partial charge in [-0.25, -0.2) is 0 Å². The Labute approximate surface area is 196 Å². The smallest absolute Gasteiger partial charge is 0.255 e. The van der Waals surface area contributed by atoms with E-state index in [2.05, 4.69) is 16.7 Å². The van der Waals surface area contributed by atoms with Crippen LogP contribution in [-0.4, -0.2) is 17.5 Å². The summed E-state index contributed by atoms with van der Waals surface area (Å²) < 4.78 is 0. The molecule has 0 aromatic heterocycles. The first-order valence-electron chi connectivity index (χ1n) is 10.9. The molecule has 0 bridgehead atoms. The zero-order valence-corrected chi connectivity index (χ0v) is 18.5. The summed E-state index contributed by atoms with van der Waals surface area (Å²) in [7, 11) is 0. The molecule has 2 aliphatic rings. The molecule has 0 fully saturated rings. The maximum Gasteiger partial charge on any atom is 0.255 e. The van der Waals surface area contributed by atoms with Crippen LogP contribution < -0.4 is 10.6 Å². The highest BCUT2D eigenvalue weighted by Gasteiger charge is 2.31. The van der Waals surface area contributed by atoms with Gasteiger partial charge in [-0.05, 0) is 54.2 Å². The van der Waals surface area contributed by atoms with Crippen molar-refractivity contribution in [1.82, 2.24) is 5.32 Å². The topological polar surface area (TPSA) is 75.3 Å². The minimum Gasteiger partial charge on any atom is -0.376 e. The number of carbonyl (C=O) groups is 3. The molecule has 164 valence electrons. The number of benzene rings is 3. The van der Waals surface area contributed by atoms with Gasteiger partial charge in [0.25, 0.3) is 5.91 Å². The van der Waals surface area contributed by atoms with Crippen molar-refractivity contribution in [1.29, 1.82) is 0 Å². The van der Waals surface area contributed by atoms with E-state index in [0.717, 1.165) is 30.5 Å². The number of rotatable bonds is 5. The van der Waals surface area contributed by atoms with Gasteiger partial charge in [0.1, 0.15) is 10.7 Å². The lowest BCUT2D eigenvalue weighted by Crippen LogP contribution is -2.28. The molecular weight excluding hydrogens is 436 g/mol. The molecule has 0 atom stereocenters. The van der Waals surface area contributed by atoms with Crippen LogP contribution in [0.3, 0.4) is 0 Å². The molecule has 5 nitrogen and oxygen atoms in total. The largest absolute Gasteiger partial charge is 0.376 e. The number of Topliss-reactive ketones (excluding diaryl/α,β-unsaturated/α-hetero) is 2. The summed E-state index contributed by atoms with van der Waals surface area (Å²) in [5, 5.41) is 5.92. The molecule has 3 aromatic carbocycles. The predicted octanol–water partition coefficient (Wildman–Crippen LogP) is 5.05. The molecule has 2 aliphatic carbocycles. The van der Waals surface area contributed by atoms with Gasteiger partial charge < -0.3 is 10.6 Å². The number of ketones is 2. The molecule has 0 saturated carbocycles. The Morgan fingerprint density at radius 1 is 0.848 bits per heavy atom. The number of hydrogen-bond donors (Lipinski definition) is 2. The molecule has 5 rings (SSSR count). The molecule has 6 heteroatoms. The number of fused-ring (bicyclic) bond motifs is 2. The molecule has 0 saturated heterocycles. The van der Waals surface area contributed by atoms with Crippen LogP contribution in [0, 0.1) is 0 Å². The molecule has 0 unspecified atom stereocenters. The minimum absolute atomic E-state index is 0.0973. The number of hydrogen-bond acceptors (Lipinski definition) is 4. The Hall–Kier alpha value is -3.70. The van der Waals surface area contributed by atoms with Gasteiger partial charge in [0, 0.05) is 28.9 Å². The van der Waals surface area contributed by atoms with Gasteiger partial charge in [-0.2, -0.15) is 0 Å². The maximum absolute atomic E-state index is 12.8. The van der Waals surface area contributed by atoms with Gasteiger partial charge in [-0.3, -0.25) is 14.4 Å². The van der Waals surface area contributed by atoms with Crippen molar-refractivity contribution >= 4 is 34.8 Å². The summed E-state index contributed by atoms with van der Waals surface area (Å²) in [6.07, 6.45) is 3.16. The number of halogens is 1. The number of nitrogens with one attached hydrogen (secondary N) is 2. The number of carbonyl (C=O) groups excluding carboxylic acids is 3. The second-order valence-corrected chi connectivity index (χ2v) is 8.57. The van der Waals surface area contributed by atoms with Crippen molar-refractivity contribution in [2.24, 2.45) is 0 Å². The Bertz CT molecular complexity index is 1330. The van der Waals surface area contributed by atoms with E-state index in [0.29, 0.717) is 23.2 Å². The summed E-state index contributed by atoms with van der Waals surface area (Å²) in [5.41, 5.74) is 5.56. The number of allylic oxidation sites excluding steroid dienone is 2. The third-order valence-corrected chi connectivity index (χ3v) is 6.50. The van der Waals surface area contributed by atoms with Gasteiger partial charge in [0.05, 0.1) is 0 Å². The number of anilines is 1. The number of amides is 1. The zero-order chi connectivity index (χ0) is 22.9. The Kier molecular flexibility index (Phi) is 5.56. The Morgan fingerprint density at radius 3 is 2.33 bits per heavy atom. The SMILES string of the molecule is O=C(Nc1cccc2c1CCC2)c1ccc(CNC2=C(Cl)C(=O)c3ccccc3C2=O)cc1. The van der Waals surface area contributed by atoms with E-state index in [1.54, 1.807) is 36.4 Å². The van der Waals surface area contributed by atoms with Crippen LogP contribution in [0.2, 0.25) is 0 Å². The molecule has 0 heterocycles. The minimum atomic E-state index is -0.367. The molecule has 1 amide bonds. The third kappa shape index (κ3) is 3.96. The van der Waals surface area contributed by atoms with Crippen LogP contribution in [0.4, 0.5) is 5.69 Å². The highest BCUT2D eigenvalue weighted by Crippen LogP contribution is 2.29. The quantitative estimate of drug-likeness (QED) is 0.563. The molecule has 3 aromatic rings. The first kappa shape index (κ1) is 21.2. The first-order chi connectivity index (χ1) is 16.0. The van der Waals surface area contributed by atoms with Crippen LogP contribution in [0.15, 0.2) is 77.5 Å². The summed E-state index contributed by atoms with van der Waals surface area (Å²) in [4.78, 5) is 38.0. The third-order valence-electron chi connectivity index (χ3n) is 6.14.